The molecular formula is C24H25FN4O5. The Morgan fingerprint density at radius 1 is 1.29 bits per heavy atom. The number of amides is 2. The number of cyclic esters (lactones) is 1. The third-order valence-electron chi connectivity index (χ3n) is 5.54. The number of oxazole rings is 1. The first kappa shape index (κ1) is 23.4. The van der Waals surface area contributed by atoms with Crippen LogP contribution < -0.4 is 15.5 Å². The predicted molar refractivity (Wildman–Crippen MR) is 121 cm³/mol. The van der Waals surface area contributed by atoms with Gasteiger partial charge in [0.25, 0.3) is 0 Å². The Morgan fingerprint density at radius 3 is 2.74 bits per heavy atom. The number of aromatic nitrogens is 1. The molecule has 3 aromatic rings. The Hall–Kier alpha value is -3.76. The van der Waals surface area contributed by atoms with Gasteiger partial charge in [-0.3, -0.25) is 9.69 Å². The van der Waals surface area contributed by atoms with Crippen molar-refractivity contribution in [3.63, 3.8) is 0 Å². The summed E-state index contributed by atoms with van der Waals surface area (Å²) in [7, 11) is 0. The lowest BCUT2D eigenvalue weighted by Crippen LogP contribution is -2.33. The highest BCUT2D eigenvalue weighted by atomic mass is 19.1. The van der Waals surface area contributed by atoms with Gasteiger partial charge in [0.2, 0.25) is 5.91 Å². The van der Waals surface area contributed by atoms with E-state index in [0.717, 1.165) is 11.3 Å². The molecule has 1 aliphatic heterocycles. The maximum atomic E-state index is 15.0. The first-order chi connectivity index (χ1) is 16.4. The number of nitrogens with one attached hydrogen (secondary N) is 2. The Labute approximate surface area is 195 Å². The SMILES string of the molecule is CC(=O)NC[C@H]1CN(c2ccc(-c3ccc([C@@H](CO)NCc4cocn4)cc3)c(F)c2)C(=O)O1. The topological polar surface area (TPSA) is 117 Å². The van der Waals surface area contributed by atoms with E-state index in [-0.39, 0.29) is 31.6 Å². The van der Waals surface area contributed by atoms with Gasteiger partial charge in [0.15, 0.2) is 6.39 Å². The van der Waals surface area contributed by atoms with Gasteiger partial charge in [-0.15, -0.1) is 0 Å². The minimum absolute atomic E-state index is 0.116. The Balaban J connectivity index is 1.43. The summed E-state index contributed by atoms with van der Waals surface area (Å²) in [4.78, 5) is 28.6. The van der Waals surface area contributed by atoms with E-state index in [2.05, 4.69) is 15.6 Å². The summed E-state index contributed by atoms with van der Waals surface area (Å²) in [5.41, 5.74) is 2.99. The quantitative estimate of drug-likeness (QED) is 0.442. The van der Waals surface area contributed by atoms with Crippen LogP contribution >= 0.6 is 0 Å². The molecular weight excluding hydrogens is 443 g/mol. The molecule has 4 rings (SSSR count). The molecule has 2 aromatic carbocycles. The van der Waals surface area contributed by atoms with E-state index in [1.807, 2.05) is 12.1 Å². The third-order valence-corrected chi connectivity index (χ3v) is 5.54. The predicted octanol–water partition coefficient (Wildman–Crippen LogP) is 2.77. The smallest absolute Gasteiger partial charge is 0.414 e. The molecule has 1 aliphatic rings. The Kier molecular flexibility index (Phi) is 7.19. The monoisotopic (exact) mass is 468 g/mol. The number of carbonyl (C=O) groups is 2. The second kappa shape index (κ2) is 10.4. The molecule has 34 heavy (non-hydrogen) atoms. The van der Waals surface area contributed by atoms with Crippen molar-refractivity contribution in [1.29, 1.82) is 0 Å². The average Bonchev–Trinajstić information content (AvgIpc) is 3.48. The average molecular weight is 468 g/mol. The number of benzene rings is 2. The molecule has 178 valence electrons. The van der Waals surface area contributed by atoms with E-state index in [1.54, 1.807) is 24.3 Å². The number of rotatable bonds is 9. The highest BCUT2D eigenvalue weighted by Crippen LogP contribution is 2.30. The van der Waals surface area contributed by atoms with Crippen LogP contribution in [0.3, 0.4) is 0 Å². The van der Waals surface area contributed by atoms with Crippen LogP contribution in [0.5, 0.6) is 0 Å². The van der Waals surface area contributed by atoms with Gasteiger partial charge in [-0.25, -0.2) is 14.2 Å². The van der Waals surface area contributed by atoms with Crippen molar-refractivity contribution < 1.29 is 28.2 Å². The molecule has 10 heteroatoms. The first-order valence-corrected chi connectivity index (χ1v) is 10.8. The van der Waals surface area contributed by atoms with Crippen LogP contribution in [0, 0.1) is 5.82 Å². The van der Waals surface area contributed by atoms with Crippen LogP contribution in [0.4, 0.5) is 14.9 Å². The highest BCUT2D eigenvalue weighted by Gasteiger charge is 2.32. The summed E-state index contributed by atoms with van der Waals surface area (Å²) in [6.07, 6.45) is 1.79. The minimum Gasteiger partial charge on any atom is -0.451 e. The molecule has 0 spiro atoms. The number of carbonyl (C=O) groups excluding carboxylic acids is 2. The van der Waals surface area contributed by atoms with Crippen molar-refractivity contribution in [2.75, 3.05) is 24.6 Å². The van der Waals surface area contributed by atoms with Gasteiger partial charge in [-0.2, -0.15) is 0 Å². The van der Waals surface area contributed by atoms with Gasteiger partial charge >= 0.3 is 6.09 Å². The molecule has 0 aliphatic carbocycles. The maximum Gasteiger partial charge on any atom is 0.414 e. The van der Waals surface area contributed by atoms with Crippen molar-refractivity contribution in [3.05, 3.63) is 72.2 Å². The van der Waals surface area contributed by atoms with Crippen LogP contribution in [0.25, 0.3) is 11.1 Å². The zero-order chi connectivity index (χ0) is 24.1. The van der Waals surface area contributed by atoms with Gasteiger partial charge in [0.1, 0.15) is 18.2 Å². The van der Waals surface area contributed by atoms with Crippen LogP contribution in [-0.4, -0.2) is 47.9 Å². The van der Waals surface area contributed by atoms with Crippen molar-refractivity contribution >= 4 is 17.7 Å². The Bertz CT molecular complexity index is 1140. The number of aliphatic hydroxyl groups is 1. The molecule has 9 nitrogen and oxygen atoms in total. The van der Waals surface area contributed by atoms with Crippen LogP contribution in [0.15, 0.2) is 59.5 Å². The van der Waals surface area contributed by atoms with Crippen molar-refractivity contribution in [3.8, 4) is 11.1 Å². The maximum absolute atomic E-state index is 15.0. The largest absolute Gasteiger partial charge is 0.451 e. The Morgan fingerprint density at radius 2 is 2.09 bits per heavy atom. The van der Waals surface area contributed by atoms with Crippen molar-refractivity contribution in [1.82, 2.24) is 15.6 Å². The number of nitrogens with zero attached hydrogens (tertiary/aromatic N) is 2. The number of halogens is 1. The summed E-state index contributed by atoms with van der Waals surface area (Å²) in [6, 6.07) is 11.5. The molecule has 2 heterocycles. The van der Waals surface area contributed by atoms with Crippen LogP contribution in [-0.2, 0) is 16.1 Å². The number of hydrogen-bond acceptors (Lipinski definition) is 7. The zero-order valence-corrected chi connectivity index (χ0v) is 18.5. The van der Waals surface area contributed by atoms with E-state index in [4.69, 9.17) is 9.15 Å². The highest BCUT2D eigenvalue weighted by molar-refractivity contribution is 5.90. The summed E-state index contributed by atoms with van der Waals surface area (Å²) in [5, 5.41) is 15.6. The lowest BCUT2D eigenvalue weighted by atomic mass is 10.00. The third kappa shape index (κ3) is 5.41. The van der Waals surface area contributed by atoms with Gasteiger partial charge in [-0.05, 0) is 29.3 Å². The number of hydrogen-bond donors (Lipinski definition) is 3. The molecule has 1 aromatic heterocycles. The molecule has 0 unspecified atom stereocenters. The van der Waals surface area contributed by atoms with E-state index in [0.29, 0.717) is 23.4 Å². The minimum atomic E-state index is -0.583. The molecule has 1 saturated heterocycles. The van der Waals surface area contributed by atoms with E-state index in [1.165, 1.54) is 30.5 Å². The molecule has 0 radical (unpaired) electrons. The number of ether oxygens (including phenoxy) is 1. The molecule has 2 amide bonds. The fraction of sp³-hybridized carbons (Fsp3) is 0.292. The summed E-state index contributed by atoms with van der Waals surface area (Å²) in [5.74, 6) is -0.696. The fourth-order valence-corrected chi connectivity index (χ4v) is 3.74. The molecule has 3 N–H and O–H groups in total. The van der Waals surface area contributed by atoms with Crippen LogP contribution in [0.1, 0.15) is 24.2 Å². The van der Waals surface area contributed by atoms with E-state index >= 15 is 0 Å². The fourth-order valence-electron chi connectivity index (χ4n) is 3.74. The van der Waals surface area contributed by atoms with Gasteiger partial charge < -0.3 is 24.9 Å². The summed E-state index contributed by atoms with van der Waals surface area (Å²) >= 11 is 0. The second-order valence-corrected chi connectivity index (χ2v) is 7.94. The number of anilines is 1. The van der Waals surface area contributed by atoms with Crippen molar-refractivity contribution in [2.24, 2.45) is 0 Å². The van der Waals surface area contributed by atoms with Crippen LogP contribution in [0.2, 0.25) is 0 Å². The summed E-state index contributed by atoms with van der Waals surface area (Å²) < 4.78 is 25.1. The number of aliphatic hydroxyl groups excluding tert-OH is 1. The lowest BCUT2D eigenvalue weighted by molar-refractivity contribution is -0.119. The van der Waals surface area contributed by atoms with Gasteiger partial charge in [0.05, 0.1) is 37.1 Å². The second-order valence-electron chi connectivity index (χ2n) is 7.94. The standard InChI is InChI=1S/C24H25FN4O5/c1-15(31)26-10-20-11-29(24(32)34-20)19-6-7-21(22(25)8-19)16-2-4-17(5-3-16)23(12-30)27-9-18-13-33-14-28-18/h2-8,13-14,20,23,27,30H,9-12H2,1H3,(H,26,31)/t20-,23+/m0/s1. The molecule has 0 saturated carbocycles. The van der Waals surface area contributed by atoms with Crippen molar-refractivity contribution in [2.45, 2.75) is 25.6 Å². The summed E-state index contributed by atoms with van der Waals surface area (Å²) in [6.45, 7) is 2.12. The molecule has 1 fully saturated rings. The first-order valence-electron chi connectivity index (χ1n) is 10.8. The van der Waals surface area contributed by atoms with Gasteiger partial charge in [-0.1, -0.05) is 24.3 Å². The van der Waals surface area contributed by atoms with Gasteiger partial charge in [0, 0.05) is 19.0 Å². The molecule has 2 atom stereocenters. The zero-order valence-electron chi connectivity index (χ0n) is 18.5. The normalized spacial score (nSPS) is 16.4. The van der Waals surface area contributed by atoms with E-state index < -0.39 is 18.0 Å². The molecule has 0 bridgehead atoms. The van der Waals surface area contributed by atoms with E-state index in [9.17, 15) is 19.1 Å². The lowest BCUT2D eigenvalue weighted by Gasteiger charge is -2.17.